The average molecular weight is 384 g/mol. The standard InChI is InChI=1S/C19H14BrNOS/c20-14-8-9-15-16(11-14)21(12-13-5-2-1-3-6-13)19(22)18(15)17-7-4-10-23-17/h1-11,18H,12H2. The molecule has 1 aliphatic rings. The average Bonchev–Trinajstić information content (AvgIpc) is 3.16. The number of nitrogens with zero attached hydrogens (tertiary/aromatic N) is 1. The first kappa shape index (κ1) is 14.7. The molecule has 0 saturated carbocycles. The van der Waals surface area contributed by atoms with Crippen LogP contribution in [0.25, 0.3) is 0 Å². The van der Waals surface area contributed by atoms with Crippen LogP contribution in [0.4, 0.5) is 5.69 Å². The highest BCUT2D eigenvalue weighted by Crippen LogP contribution is 2.44. The molecule has 0 N–H and O–H groups in total. The lowest BCUT2D eigenvalue weighted by Gasteiger charge is -2.18. The van der Waals surface area contributed by atoms with E-state index in [0.717, 1.165) is 26.2 Å². The zero-order valence-corrected chi connectivity index (χ0v) is 14.7. The fourth-order valence-corrected chi connectivity index (χ4v) is 4.25. The van der Waals surface area contributed by atoms with Crippen LogP contribution >= 0.6 is 27.3 Å². The predicted octanol–water partition coefficient (Wildman–Crippen LogP) is 5.19. The summed E-state index contributed by atoms with van der Waals surface area (Å²) in [4.78, 5) is 16.1. The highest BCUT2D eigenvalue weighted by atomic mass is 79.9. The molecule has 0 fully saturated rings. The van der Waals surface area contributed by atoms with E-state index in [1.807, 2.05) is 52.7 Å². The van der Waals surface area contributed by atoms with E-state index in [9.17, 15) is 4.79 Å². The summed E-state index contributed by atoms with van der Waals surface area (Å²) < 4.78 is 0.994. The summed E-state index contributed by atoms with van der Waals surface area (Å²) in [6, 6.07) is 20.3. The van der Waals surface area contributed by atoms with Crippen molar-refractivity contribution in [2.24, 2.45) is 0 Å². The molecule has 0 aliphatic carbocycles. The molecule has 0 radical (unpaired) electrons. The van der Waals surface area contributed by atoms with E-state index in [2.05, 4.69) is 34.1 Å². The molecule has 2 heterocycles. The summed E-state index contributed by atoms with van der Waals surface area (Å²) in [5, 5.41) is 2.03. The predicted molar refractivity (Wildman–Crippen MR) is 97.9 cm³/mol. The molecule has 0 spiro atoms. The van der Waals surface area contributed by atoms with Crippen molar-refractivity contribution in [2.45, 2.75) is 12.5 Å². The third kappa shape index (κ3) is 2.62. The lowest BCUT2D eigenvalue weighted by Crippen LogP contribution is -2.28. The van der Waals surface area contributed by atoms with Crippen molar-refractivity contribution in [3.8, 4) is 0 Å². The third-order valence-corrected chi connectivity index (χ3v) is 5.55. The molecule has 1 aliphatic heterocycles. The molecule has 4 heteroatoms. The molecule has 1 aromatic heterocycles. The first-order valence-corrected chi connectivity index (χ1v) is 9.09. The monoisotopic (exact) mass is 383 g/mol. The van der Waals surface area contributed by atoms with Gasteiger partial charge in [0.15, 0.2) is 0 Å². The Labute approximate surface area is 147 Å². The summed E-state index contributed by atoms with van der Waals surface area (Å²) in [5.41, 5.74) is 3.24. The fourth-order valence-electron chi connectivity index (χ4n) is 3.06. The fraction of sp³-hybridized carbons (Fsp3) is 0.105. The lowest BCUT2D eigenvalue weighted by molar-refractivity contribution is -0.118. The van der Waals surface area contributed by atoms with Crippen molar-refractivity contribution in [1.82, 2.24) is 0 Å². The van der Waals surface area contributed by atoms with E-state index >= 15 is 0 Å². The van der Waals surface area contributed by atoms with E-state index in [-0.39, 0.29) is 11.8 Å². The lowest BCUT2D eigenvalue weighted by atomic mass is 9.99. The van der Waals surface area contributed by atoms with Crippen molar-refractivity contribution in [3.05, 3.63) is 86.5 Å². The second-order valence-corrected chi connectivity index (χ2v) is 7.46. The number of rotatable bonds is 3. The van der Waals surface area contributed by atoms with Crippen LogP contribution in [0.5, 0.6) is 0 Å². The number of amides is 1. The van der Waals surface area contributed by atoms with Gasteiger partial charge in [-0.1, -0.05) is 58.4 Å². The first-order valence-electron chi connectivity index (χ1n) is 7.42. The number of carbonyl (C=O) groups excluding carboxylic acids is 1. The van der Waals surface area contributed by atoms with Gasteiger partial charge in [-0.15, -0.1) is 11.3 Å². The summed E-state index contributed by atoms with van der Waals surface area (Å²) in [6.07, 6.45) is 0. The van der Waals surface area contributed by atoms with Crippen LogP contribution in [0.3, 0.4) is 0 Å². The molecule has 114 valence electrons. The molecule has 0 bridgehead atoms. The number of thiophene rings is 1. The Morgan fingerprint density at radius 2 is 1.87 bits per heavy atom. The maximum Gasteiger partial charge on any atom is 0.240 e. The number of hydrogen-bond acceptors (Lipinski definition) is 2. The number of fused-ring (bicyclic) bond motifs is 1. The molecular formula is C19H14BrNOS. The van der Waals surface area contributed by atoms with Gasteiger partial charge in [0.05, 0.1) is 12.5 Å². The number of hydrogen-bond donors (Lipinski definition) is 0. The molecule has 3 aromatic rings. The summed E-state index contributed by atoms with van der Waals surface area (Å²) in [5.74, 6) is -0.0220. The summed E-state index contributed by atoms with van der Waals surface area (Å²) in [7, 11) is 0. The Balaban J connectivity index is 1.79. The van der Waals surface area contributed by atoms with Gasteiger partial charge in [-0.25, -0.2) is 0 Å². The van der Waals surface area contributed by atoms with Gasteiger partial charge in [-0.05, 0) is 34.7 Å². The highest BCUT2D eigenvalue weighted by Gasteiger charge is 2.38. The van der Waals surface area contributed by atoms with Gasteiger partial charge in [-0.2, -0.15) is 0 Å². The topological polar surface area (TPSA) is 20.3 Å². The van der Waals surface area contributed by atoms with E-state index in [1.165, 1.54) is 0 Å². The van der Waals surface area contributed by atoms with Crippen LogP contribution in [0.15, 0.2) is 70.5 Å². The van der Waals surface area contributed by atoms with Gasteiger partial charge in [0.25, 0.3) is 0 Å². The van der Waals surface area contributed by atoms with Gasteiger partial charge in [0.2, 0.25) is 5.91 Å². The maximum atomic E-state index is 13.1. The minimum Gasteiger partial charge on any atom is -0.307 e. The Morgan fingerprint density at radius 3 is 2.61 bits per heavy atom. The highest BCUT2D eigenvalue weighted by molar-refractivity contribution is 9.10. The molecule has 2 nitrogen and oxygen atoms in total. The number of anilines is 1. The zero-order valence-electron chi connectivity index (χ0n) is 12.3. The van der Waals surface area contributed by atoms with Gasteiger partial charge in [0.1, 0.15) is 0 Å². The Hall–Kier alpha value is -1.91. The van der Waals surface area contributed by atoms with Gasteiger partial charge in [0, 0.05) is 15.0 Å². The van der Waals surface area contributed by atoms with Gasteiger partial charge >= 0.3 is 0 Å². The quantitative estimate of drug-likeness (QED) is 0.609. The second-order valence-electron chi connectivity index (χ2n) is 5.56. The molecule has 2 aromatic carbocycles. The van der Waals surface area contributed by atoms with Crippen LogP contribution in [-0.2, 0) is 11.3 Å². The van der Waals surface area contributed by atoms with Crippen LogP contribution in [0, 0.1) is 0 Å². The number of benzene rings is 2. The van der Waals surface area contributed by atoms with E-state index in [4.69, 9.17) is 0 Å². The molecule has 1 amide bonds. The van der Waals surface area contributed by atoms with Crippen molar-refractivity contribution in [3.63, 3.8) is 0 Å². The third-order valence-electron chi connectivity index (χ3n) is 4.12. The molecule has 0 saturated heterocycles. The maximum absolute atomic E-state index is 13.1. The van der Waals surface area contributed by atoms with Crippen LogP contribution in [0.2, 0.25) is 0 Å². The Kier molecular flexibility index (Phi) is 3.79. The number of halogens is 1. The smallest absolute Gasteiger partial charge is 0.240 e. The van der Waals surface area contributed by atoms with E-state index in [0.29, 0.717) is 6.54 Å². The first-order chi connectivity index (χ1) is 11.2. The van der Waals surface area contributed by atoms with Crippen molar-refractivity contribution < 1.29 is 4.79 Å². The zero-order chi connectivity index (χ0) is 15.8. The minimum atomic E-state index is -0.179. The molecule has 1 unspecified atom stereocenters. The Morgan fingerprint density at radius 1 is 1.04 bits per heavy atom. The van der Waals surface area contributed by atoms with Crippen molar-refractivity contribution in [2.75, 3.05) is 4.90 Å². The van der Waals surface area contributed by atoms with Crippen molar-refractivity contribution in [1.29, 1.82) is 0 Å². The largest absolute Gasteiger partial charge is 0.307 e. The van der Waals surface area contributed by atoms with E-state index < -0.39 is 0 Å². The molecule has 1 atom stereocenters. The summed E-state index contributed by atoms with van der Waals surface area (Å²) >= 11 is 5.17. The van der Waals surface area contributed by atoms with Crippen LogP contribution in [-0.4, -0.2) is 5.91 Å². The number of carbonyl (C=O) groups is 1. The molecular weight excluding hydrogens is 370 g/mol. The normalized spacial score (nSPS) is 16.7. The SMILES string of the molecule is O=C1C(c2cccs2)c2ccc(Br)cc2N1Cc1ccccc1. The van der Waals surface area contributed by atoms with E-state index in [1.54, 1.807) is 11.3 Å². The van der Waals surface area contributed by atoms with Gasteiger partial charge in [-0.3, -0.25) is 4.79 Å². The van der Waals surface area contributed by atoms with Gasteiger partial charge < -0.3 is 4.90 Å². The second kappa shape index (κ2) is 5.95. The van der Waals surface area contributed by atoms with Crippen LogP contribution in [0.1, 0.15) is 21.9 Å². The summed E-state index contributed by atoms with van der Waals surface area (Å²) in [6.45, 7) is 0.602. The molecule has 23 heavy (non-hydrogen) atoms. The van der Waals surface area contributed by atoms with Crippen LogP contribution < -0.4 is 4.90 Å². The Bertz CT molecular complexity index is 845. The molecule has 4 rings (SSSR count). The minimum absolute atomic E-state index is 0.157. The van der Waals surface area contributed by atoms with Crippen molar-refractivity contribution >= 4 is 38.9 Å².